The number of esters is 3. The van der Waals surface area contributed by atoms with Crippen LogP contribution in [0.4, 0.5) is 0 Å². The topological polar surface area (TPSA) is 208 Å². The molecule has 7 rings (SSSR count). The summed E-state index contributed by atoms with van der Waals surface area (Å²) >= 11 is 0. The van der Waals surface area contributed by atoms with Gasteiger partial charge in [-0.25, -0.2) is 9.59 Å². The van der Waals surface area contributed by atoms with E-state index in [1.54, 1.807) is 0 Å². The molecule has 0 bridgehead atoms. The third-order valence-corrected chi connectivity index (χ3v) is 11.1. The number of carbonyl (C=O) groups excluding carboxylic acids is 3. The molecule has 7 aliphatic rings. The van der Waals surface area contributed by atoms with Crippen LogP contribution in [-0.2, 0) is 42.8 Å². The quantitative estimate of drug-likeness (QED) is 0.175. The van der Waals surface area contributed by atoms with Crippen LogP contribution in [0.15, 0.2) is 0 Å². The molecule has 2 aliphatic carbocycles. The maximum atomic E-state index is 14.1. The molecule has 4 unspecified atom stereocenters. The molecule has 0 aromatic carbocycles. The normalized spacial score (nSPS) is 57.8. The van der Waals surface area contributed by atoms with Crippen LogP contribution in [0.3, 0.4) is 0 Å². The highest BCUT2D eigenvalue weighted by molar-refractivity contribution is 5.93. The summed E-state index contributed by atoms with van der Waals surface area (Å²) in [5.74, 6) is -4.17. The summed E-state index contributed by atoms with van der Waals surface area (Å²) < 4.78 is 35.9. The molecule has 5 heterocycles. The molecule has 0 radical (unpaired) electrons. The molecule has 0 aromatic rings. The lowest BCUT2D eigenvalue weighted by molar-refractivity contribution is -0.354. The number of fused-ring (bicyclic) bond motifs is 1. The van der Waals surface area contributed by atoms with Gasteiger partial charge in [0.2, 0.25) is 11.9 Å². The van der Waals surface area contributed by atoms with Crippen molar-refractivity contribution in [3.8, 4) is 0 Å². The Bertz CT molecular complexity index is 1180. The van der Waals surface area contributed by atoms with Crippen molar-refractivity contribution in [1.82, 2.24) is 0 Å². The largest absolute Gasteiger partial charge is 0.459 e. The molecule has 0 amide bonds. The van der Waals surface area contributed by atoms with Gasteiger partial charge in [-0.05, 0) is 24.7 Å². The Labute approximate surface area is 228 Å². The molecule has 2 saturated carbocycles. The Morgan fingerprint density at radius 2 is 1.65 bits per heavy atom. The first-order valence-corrected chi connectivity index (χ1v) is 13.6. The zero-order valence-electron chi connectivity index (χ0n) is 22.4. The molecule has 14 nitrogen and oxygen atoms in total. The van der Waals surface area contributed by atoms with Gasteiger partial charge in [-0.1, -0.05) is 20.8 Å². The van der Waals surface area contributed by atoms with Crippen LogP contribution in [0.25, 0.3) is 0 Å². The van der Waals surface area contributed by atoms with Crippen LogP contribution < -0.4 is 0 Å². The molecular weight excluding hydrogens is 536 g/mol. The lowest BCUT2D eigenvalue weighted by Gasteiger charge is -2.49. The Balaban J connectivity index is 1.44. The Kier molecular flexibility index (Phi) is 5.20. The maximum Gasteiger partial charge on any atom is 0.342 e. The van der Waals surface area contributed by atoms with Crippen LogP contribution in [0.5, 0.6) is 0 Å². The van der Waals surface area contributed by atoms with E-state index in [0.717, 1.165) is 0 Å². The van der Waals surface area contributed by atoms with Gasteiger partial charge >= 0.3 is 17.9 Å². The minimum Gasteiger partial charge on any atom is -0.459 e. The van der Waals surface area contributed by atoms with Crippen LogP contribution in [0.2, 0.25) is 0 Å². The van der Waals surface area contributed by atoms with Crippen molar-refractivity contribution in [3.05, 3.63) is 0 Å². The van der Waals surface area contributed by atoms with Gasteiger partial charge in [0.05, 0.1) is 23.4 Å². The van der Waals surface area contributed by atoms with Crippen LogP contribution in [0.1, 0.15) is 40.5 Å². The fourth-order valence-corrected chi connectivity index (χ4v) is 9.65. The van der Waals surface area contributed by atoms with Crippen molar-refractivity contribution in [2.45, 2.75) is 107 Å². The average molecular weight is 571 g/mol. The smallest absolute Gasteiger partial charge is 0.342 e. The van der Waals surface area contributed by atoms with Crippen molar-refractivity contribution in [2.24, 2.45) is 28.1 Å². The second kappa shape index (κ2) is 7.72. The number of aliphatic hydroxyl groups excluding tert-OH is 5. The van der Waals surface area contributed by atoms with Crippen molar-refractivity contribution in [3.63, 3.8) is 0 Å². The van der Waals surface area contributed by atoms with E-state index in [-0.39, 0.29) is 12.8 Å². The summed E-state index contributed by atoms with van der Waals surface area (Å²) in [5, 5.41) is 52.9. The minimum absolute atomic E-state index is 0.0896. The fourth-order valence-electron chi connectivity index (χ4n) is 9.65. The number of aliphatic hydroxyl groups is 5. The van der Waals surface area contributed by atoms with Gasteiger partial charge in [0.1, 0.15) is 36.6 Å². The SMILES string of the molecule is C[C@@H]1C(=O)OC2CC34C5C[C@@H](C(C)(C)C)C36[C@@H](OC(=O)[C@@H]6O)O[C@@]4(C(=O)O5)[C@]21O[C@@H]1O[C@H](CO)[C@@H](O)[C@H](O)[C@H]1O. The molecule has 5 N–H and O–H groups in total. The predicted octanol–water partition coefficient (Wildman–Crippen LogP) is -2.52. The predicted molar refractivity (Wildman–Crippen MR) is 123 cm³/mol. The highest BCUT2D eigenvalue weighted by Crippen LogP contribution is 2.85. The van der Waals surface area contributed by atoms with Crippen molar-refractivity contribution >= 4 is 17.9 Å². The Hall–Kier alpha value is -1.91. The Morgan fingerprint density at radius 1 is 0.950 bits per heavy atom. The molecule has 40 heavy (non-hydrogen) atoms. The molecule has 222 valence electrons. The van der Waals surface area contributed by atoms with Gasteiger partial charge < -0.3 is 54.0 Å². The lowest BCUT2D eigenvalue weighted by Crippen LogP contribution is -2.70. The molecule has 15 atom stereocenters. The van der Waals surface area contributed by atoms with E-state index < -0.39 is 119 Å². The van der Waals surface area contributed by atoms with E-state index in [4.69, 9.17) is 28.4 Å². The second-order valence-electron chi connectivity index (χ2n) is 13.4. The molecule has 2 spiro atoms. The fraction of sp³-hybridized carbons (Fsp3) is 0.885. The van der Waals surface area contributed by atoms with Crippen LogP contribution >= 0.6 is 0 Å². The molecule has 0 aromatic heterocycles. The summed E-state index contributed by atoms with van der Waals surface area (Å²) in [6.45, 7) is 6.55. The number of rotatable bonds is 3. The number of ether oxygens (including phenoxy) is 6. The summed E-state index contributed by atoms with van der Waals surface area (Å²) in [4.78, 5) is 40.2. The van der Waals surface area contributed by atoms with Gasteiger partial charge in [0.25, 0.3) is 0 Å². The second-order valence-corrected chi connectivity index (χ2v) is 13.4. The third-order valence-electron chi connectivity index (χ3n) is 11.1. The van der Waals surface area contributed by atoms with Gasteiger partial charge in [-0.2, -0.15) is 0 Å². The molecule has 5 saturated heterocycles. The van der Waals surface area contributed by atoms with Crippen molar-refractivity contribution in [2.75, 3.05) is 6.61 Å². The zero-order chi connectivity index (χ0) is 28.9. The van der Waals surface area contributed by atoms with E-state index in [2.05, 4.69) is 0 Å². The maximum absolute atomic E-state index is 14.1. The van der Waals surface area contributed by atoms with Gasteiger partial charge in [-0.15, -0.1) is 0 Å². The highest BCUT2D eigenvalue weighted by Gasteiger charge is 3.02. The van der Waals surface area contributed by atoms with E-state index in [1.807, 2.05) is 20.8 Å². The van der Waals surface area contributed by atoms with Crippen LogP contribution in [-0.4, -0.2) is 117 Å². The molecular formula is C26H34O14. The molecule has 7 fully saturated rings. The summed E-state index contributed by atoms with van der Waals surface area (Å²) in [7, 11) is 0. The lowest BCUT2D eigenvalue weighted by atomic mass is 9.51. The number of hydrogen-bond acceptors (Lipinski definition) is 14. The first-order valence-electron chi connectivity index (χ1n) is 13.6. The summed E-state index contributed by atoms with van der Waals surface area (Å²) in [6.07, 6.45) is -13.3. The number of hydrogen-bond donors (Lipinski definition) is 5. The standard InChI is InChI=1S/C26H34O14/c1-8-17(32)36-12-6-23-11-5-10(22(2,3)4)24(23)16(31)18(33)38-21(24)40-26(23,20(34)37-11)25(8,12)39-19-15(30)14(29)13(28)9(7-27)35-19/h8-16,19,21,27-31H,5-7H2,1-4H3/t8-,9-,10+,11?,12?,13-,14+,15-,16+,19+,21+,23?,24?,25-,26-/m1/s1. The van der Waals surface area contributed by atoms with E-state index in [9.17, 15) is 39.9 Å². The first-order chi connectivity index (χ1) is 18.7. The highest BCUT2D eigenvalue weighted by atomic mass is 16.8. The van der Waals surface area contributed by atoms with E-state index in [0.29, 0.717) is 0 Å². The van der Waals surface area contributed by atoms with E-state index >= 15 is 0 Å². The van der Waals surface area contributed by atoms with E-state index in [1.165, 1.54) is 6.92 Å². The van der Waals surface area contributed by atoms with Gasteiger partial charge in [-0.3, -0.25) is 4.79 Å². The van der Waals surface area contributed by atoms with Gasteiger partial charge in [0.15, 0.2) is 18.0 Å². The zero-order valence-corrected chi connectivity index (χ0v) is 22.4. The summed E-state index contributed by atoms with van der Waals surface area (Å²) in [5.41, 5.74) is -7.62. The third kappa shape index (κ3) is 2.47. The van der Waals surface area contributed by atoms with Crippen molar-refractivity contribution < 1.29 is 68.3 Å². The summed E-state index contributed by atoms with van der Waals surface area (Å²) in [6, 6.07) is 0. The minimum atomic E-state index is -2.15. The first kappa shape index (κ1) is 27.0. The average Bonchev–Trinajstić information content (AvgIpc) is 3.60. The Morgan fingerprint density at radius 3 is 2.30 bits per heavy atom. The molecule has 5 aliphatic heterocycles. The van der Waals surface area contributed by atoms with Crippen LogP contribution in [0, 0.1) is 28.1 Å². The van der Waals surface area contributed by atoms with Gasteiger partial charge in [0, 0.05) is 6.42 Å². The van der Waals surface area contributed by atoms with Crippen molar-refractivity contribution in [1.29, 1.82) is 0 Å². The monoisotopic (exact) mass is 570 g/mol. The molecule has 14 heteroatoms. The number of carbonyl (C=O) groups is 3.